The van der Waals surface area contributed by atoms with Gasteiger partial charge in [-0.1, -0.05) is 20.3 Å². The lowest BCUT2D eigenvalue weighted by molar-refractivity contribution is 0.139. The Morgan fingerprint density at radius 2 is 2.00 bits per heavy atom. The summed E-state index contributed by atoms with van der Waals surface area (Å²) >= 11 is 0. The van der Waals surface area contributed by atoms with E-state index in [1.54, 1.807) is 7.11 Å². The summed E-state index contributed by atoms with van der Waals surface area (Å²) in [6.45, 7) is 9.04. The second-order valence-corrected chi connectivity index (χ2v) is 4.82. The Labute approximate surface area is 101 Å². The van der Waals surface area contributed by atoms with Crippen molar-refractivity contribution in [1.82, 2.24) is 10.2 Å². The molecule has 1 rings (SSSR count). The Hall–Kier alpha value is -0.120. The SMILES string of the molecule is CCCC(COC)NC1CCN(CC)CC1. The van der Waals surface area contributed by atoms with E-state index in [-0.39, 0.29) is 0 Å². The number of rotatable bonds is 7. The first-order chi connectivity index (χ1) is 7.80. The van der Waals surface area contributed by atoms with Crippen LogP contribution in [0.1, 0.15) is 39.5 Å². The summed E-state index contributed by atoms with van der Waals surface area (Å²) in [6.07, 6.45) is 5.03. The van der Waals surface area contributed by atoms with E-state index in [4.69, 9.17) is 4.74 Å². The van der Waals surface area contributed by atoms with Gasteiger partial charge < -0.3 is 15.0 Å². The van der Waals surface area contributed by atoms with Gasteiger partial charge >= 0.3 is 0 Å². The molecule has 0 aromatic rings. The Bertz CT molecular complexity index is 161. The van der Waals surface area contributed by atoms with E-state index < -0.39 is 0 Å². The summed E-state index contributed by atoms with van der Waals surface area (Å²) < 4.78 is 5.27. The first kappa shape index (κ1) is 13.9. The minimum Gasteiger partial charge on any atom is -0.383 e. The molecule has 1 fully saturated rings. The number of methoxy groups -OCH3 is 1. The molecule has 96 valence electrons. The van der Waals surface area contributed by atoms with E-state index in [0.29, 0.717) is 12.1 Å². The molecule has 0 aromatic carbocycles. The zero-order valence-corrected chi connectivity index (χ0v) is 11.2. The highest BCUT2D eigenvalue weighted by Crippen LogP contribution is 2.11. The third-order valence-electron chi connectivity index (χ3n) is 3.51. The van der Waals surface area contributed by atoms with E-state index in [1.165, 1.54) is 45.3 Å². The molecular weight excluding hydrogens is 200 g/mol. The Morgan fingerprint density at radius 1 is 1.31 bits per heavy atom. The highest BCUT2D eigenvalue weighted by atomic mass is 16.5. The second-order valence-electron chi connectivity index (χ2n) is 4.82. The van der Waals surface area contributed by atoms with Crippen molar-refractivity contribution in [3.63, 3.8) is 0 Å². The minimum absolute atomic E-state index is 0.549. The van der Waals surface area contributed by atoms with Gasteiger partial charge in [0, 0.05) is 19.2 Å². The molecule has 1 unspecified atom stereocenters. The van der Waals surface area contributed by atoms with Gasteiger partial charge in [-0.3, -0.25) is 0 Å². The van der Waals surface area contributed by atoms with Crippen molar-refractivity contribution in [3.05, 3.63) is 0 Å². The molecule has 16 heavy (non-hydrogen) atoms. The van der Waals surface area contributed by atoms with E-state index in [0.717, 1.165) is 6.61 Å². The standard InChI is InChI=1S/C13H28N2O/c1-4-6-13(11-16-3)14-12-7-9-15(5-2)10-8-12/h12-14H,4-11H2,1-3H3. The largest absolute Gasteiger partial charge is 0.383 e. The normalized spacial score (nSPS) is 21.2. The van der Waals surface area contributed by atoms with Crippen LogP contribution < -0.4 is 5.32 Å². The average molecular weight is 228 g/mol. The third-order valence-corrected chi connectivity index (χ3v) is 3.51. The molecule has 3 nitrogen and oxygen atoms in total. The molecule has 0 bridgehead atoms. The predicted molar refractivity (Wildman–Crippen MR) is 68.8 cm³/mol. The van der Waals surface area contributed by atoms with Gasteiger partial charge in [0.25, 0.3) is 0 Å². The minimum atomic E-state index is 0.549. The molecule has 1 saturated heterocycles. The zero-order chi connectivity index (χ0) is 11.8. The molecular formula is C13H28N2O. The Balaban J connectivity index is 2.24. The zero-order valence-electron chi connectivity index (χ0n) is 11.2. The van der Waals surface area contributed by atoms with Crippen LogP contribution in [0.3, 0.4) is 0 Å². The molecule has 0 aromatic heterocycles. The Kier molecular flexibility index (Phi) is 7.01. The van der Waals surface area contributed by atoms with Crippen LogP contribution in [0, 0.1) is 0 Å². The quantitative estimate of drug-likeness (QED) is 0.720. The maximum absolute atomic E-state index is 5.27. The smallest absolute Gasteiger partial charge is 0.0615 e. The Morgan fingerprint density at radius 3 is 2.50 bits per heavy atom. The van der Waals surface area contributed by atoms with Crippen molar-refractivity contribution < 1.29 is 4.74 Å². The molecule has 1 atom stereocenters. The van der Waals surface area contributed by atoms with Gasteiger partial charge in [-0.05, 0) is 38.9 Å². The van der Waals surface area contributed by atoms with Crippen LogP contribution in [0.15, 0.2) is 0 Å². The summed E-state index contributed by atoms with van der Waals surface area (Å²) in [7, 11) is 1.80. The van der Waals surface area contributed by atoms with Gasteiger partial charge in [0.15, 0.2) is 0 Å². The summed E-state index contributed by atoms with van der Waals surface area (Å²) in [5.41, 5.74) is 0. The molecule has 0 spiro atoms. The molecule has 1 N–H and O–H groups in total. The highest BCUT2D eigenvalue weighted by molar-refractivity contribution is 4.80. The van der Waals surface area contributed by atoms with Crippen molar-refractivity contribution in [2.24, 2.45) is 0 Å². The van der Waals surface area contributed by atoms with Crippen LogP contribution in [0.25, 0.3) is 0 Å². The monoisotopic (exact) mass is 228 g/mol. The molecule has 1 aliphatic heterocycles. The fourth-order valence-corrected chi connectivity index (χ4v) is 2.51. The summed E-state index contributed by atoms with van der Waals surface area (Å²) in [6, 6.07) is 1.25. The lowest BCUT2D eigenvalue weighted by Crippen LogP contribution is -2.47. The number of piperidine rings is 1. The van der Waals surface area contributed by atoms with Crippen LogP contribution in [0.5, 0.6) is 0 Å². The van der Waals surface area contributed by atoms with Gasteiger partial charge in [0.05, 0.1) is 6.61 Å². The molecule has 1 heterocycles. The van der Waals surface area contributed by atoms with Crippen LogP contribution in [-0.4, -0.2) is 50.3 Å². The van der Waals surface area contributed by atoms with Crippen molar-refractivity contribution >= 4 is 0 Å². The van der Waals surface area contributed by atoms with Crippen LogP contribution in [-0.2, 0) is 4.74 Å². The number of likely N-dealkylation sites (tertiary alicyclic amines) is 1. The summed E-state index contributed by atoms with van der Waals surface area (Å²) in [4.78, 5) is 2.53. The van der Waals surface area contributed by atoms with Gasteiger partial charge in [-0.2, -0.15) is 0 Å². The second kappa shape index (κ2) is 8.04. The van der Waals surface area contributed by atoms with Gasteiger partial charge in [-0.25, -0.2) is 0 Å². The van der Waals surface area contributed by atoms with E-state index in [2.05, 4.69) is 24.1 Å². The topological polar surface area (TPSA) is 24.5 Å². The fraction of sp³-hybridized carbons (Fsp3) is 1.00. The van der Waals surface area contributed by atoms with E-state index in [1.807, 2.05) is 0 Å². The lowest BCUT2D eigenvalue weighted by atomic mass is 10.0. The number of hydrogen-bond donors (Lipinski definition) is 1. The molecule has 3 heteroatoms. The number of ether oxygens (including phenoxy) is 1. The van der Waals surface area contributed by atoms with Crippen LogP contribution in [0.4, 0.5) is 0 Å². The molecule has 0 aliphatic carbocycles. The van der Waals surface area contributed by atoms with Gasteiger partial charge in [-0.15, -0.1) is 0 Å². The fourth-order valence-electron chi connectivity index (χ4n) is 2.51. The van der Waals surface area contributed by atoms with Crippen molar-refractivity contribution in [3.8, 4) is 0 Å². The maximum Gasteiger partial charge on any atom is 0.0615 e. The first-order valence-electron chi connectivity index (χ1n) is 6.77. The third kappa shape index (κ3) is 4.81. The van der Waals surface area contributed by atoms with E-state index in [9.17, 15) is 0 Å². The number of hydrogen-bond acceptors (Lipinski definition) is 3. The van der Waals surface area contributed by atoms with Crippen molar-refractivity contribution in [2.75, 3.05) is 33.4 Å². The van der Waals surface area contributed by atoms with Crippen molar-refractivity contribution in [2.45, 2.75) is 51.6 Å². The molecule has 0 radical (unpaired) electrons. The van der Waals surface area contributed by atoms with Gasteiger partial charge in [0.2, 0.25) is 0 Å². The highest BCUT2D eigenvalue weighted by Gasteiger charge is 2.20. The molecule has 0 amide bonds. The van der Waals surface area contributed by atoms with Crippen LogP contribution >= 0.6 is 0 Å². The number of nitrogens with zero attached hydrogens (tertiary/aromatic N) is 1. The predicted octanol–water partition coefficient (Wildman–Crippen LogP) is 1.88. The molecule has 1 aliphatic rings. The average Bonchev–Trinajstić information content (AvgIpc) is 2.31. The van der Waals surface area contributed by atoms with E-state index >= 15 is 0 Å². The lowest BCUT2D eigenvalue weighted by Gasteiger charge is -2.33. The molecule has 0 saturated carbocycles. The summed E-state index contributed by atoms with van der Waals surface area (Å²) in [5, 5.41) is 3.75. The van der Waals surface area contributed by atoms with Crippen molar-refractivity contribution in [1.29, 1.82) is 0 Å². The summed E-state index contributed by atoms with van der Waals surface area (Å²) in [5.74, 6) is 0. The maximum atomic E-state index is 5.27. The van der Waals surface area contributed by atoms with Crippen LogP contribution in [0.2, 0.25) is 0 Å². The number of nitrogens with one attached hydrogen (secondary N) is 1. The first-order valence-corrected chi connectivity index (χ1v) is 6.77. The van der Waals surface area contributed by atoms with Gasteiger partial charge in [0.1, 0.15) is 0 Å².